The van der Waals surface area contributed by atoms with Crippen LogP contribution >= 0.6 is 12.6 Å². The summed E-state index contributed by atoms with van der Waals surface area (Å²) in [6.45, 7) is 1.85. The van der Waals surface area contributed by atoms with E-state index in [-0.39, 0.29) is 17.5 Å². The van der Waals surface area contributed by atoms with Gasteiger partial charge in [0.25, 0.3) is 0 Å². The Morgan fingerprint density at radius 1 is 1.10 bits per heavy atom. The van der Waals surface area contributed by atoms with Gasteiger partial charge in [-0.2, -0.15) is 12.6 Å². The summed E-state index contributed by atoms with van der Waals surface area (Å²) in [5.74, 6) is 0.281. The smallest absolute Gasteiger partial charge is 0.234 e. The highest BCUT2D eigenvalue weighted by atomic mass is 32.1. The van der Waals surface area contributed by atoms with Crippen molar-refractivity contribution in [2.45, 2.75) is 6.92 Å². The number of para-hydroxylation sites is 1. The molecule has 2 aromatic heterocycles. The molecular weight excluding hydrogens is 387 g/mol. The van der Waals surface area contributed by atoms with Gasteiger partial charge in [-0.05, 0) is 42.8 Å². The van der Waals surface area contributed by atoms with Crippen LogP contribution in [0.2, 0.25) is 0 Å². The second-order valence-electron chi connectivity index (χ2n) is 6.58. The number of nitrogens with zero attached hydrogens (tertiary/aromatic N) is 2. The highest BCUT2D eigenvalue weighted by Gasteiger charge is 2.16. The maximum atomic E-state index is 14.4. The van der Waals surface area contributed by atoms with Crippen molar-refractivity contribution in [2.24, 2.45) is 0 Å². The Morgan fingerprint density at radius 3 is 2.62 bits per heavy atom. The summed E-state index contributed by atoms with van der Waals surface area (Å²) < 4.78 is 16.3. The molecule has 0 atom stereocenters. The first kappa shape index (κ1) is 19.0. The quantitative estimate of drug-likeness (QED) is 0.406. The highest BCUT2D eigenvalue weighted by molar-refractivity contribution is 7.81. The Labute approximate surface area is 173 Å². The number of amides is 1. The van der Waals surface area contributed by atoms with Crippen LogP contribution in [0.1, 0.15) is 5.56 Å². The normalized spacial score (nSPS) is 10.9. The predicted molar refractivity (Wildman–Crippen MR) is 118 cm³/mol. The molecule has 0 bridgehead atoms. The van der Waals surface area contributed by atoms with Crippen LogP contribution in [0.15, 0.2) is 66.9 Å². The average Bonchev–Trinajstić information content (AvgIpc) is 3.10. The van der Waals surface area contributed by atoms with Crippen LogP contribution < -0.4 is 10.6 Å². The number of aromatic nitrogens is 2. The van der Waals surface area contributed by atoms with E-state index in [9.17, 15) is 9.18 Å². The number of carbonyl (C=O) groups excluding carboxylic acids is 1. The van der Waals surface area contributed by atoms with Crippen molar-refractivity contribution >= 4 is 41.4 Å². The lowest BCUT2D eigenvalue weighted by molar-refractivity contribution is -0.113. The number of fused-ring (bicyclic) bond motifs is 1. The highest BCUT2D eigenvalue weighted by Crippen LogP contribution is 2.33. The van der Waals surface area contributed by atoms with E-state index >= 15 is 0 Å². The second kappa shape index (κ2) is 7.97. The summed E-state index contributed by atoms with van der Waals surface area (Å²) in [5.41, 5.74) is 4.16. The summed E-state index contributed by atoms with van der Waals surface area (Å²) in [4.78, 5) is 16.2. The van der Waals surface area contributed by atoms with Crippen molar-refractivity contribution in [1.82, 2.24) is 9.38 Å². The van der Waals surface area contributed by atoms with Gasteiger partial charge in [0.05, 0.1) is 11.4 Å². The average molecular weight is 406 g/mol. The van der Waals surface area contributed by atoms with Crippen LogP contribution in [-0.4, -0.2) is 21.0 Å². The third kappa shape index (κ3) is 3.82. The minimum absolute atomic E-state index is 0.115. The molecule has 0 saturated carbocycles. The number of rotatable bonds is 5. The summed E-state index contributed by atoms with van der Waals surface area (Å²) in [6, 6.07) is 18.0. The van der Waals surface area contributed by atoms with Crippen LogP contribution in [-0.2, 0) is 4.79 Å². The van der Waals surface area contributed by atoms with Gasteiger partial charge in [-0.3, -0.25) is 9.20 Å². The molecule has 146 valence electrons. The van der Waals surface area contributed by atoms with Crippen LogP contribution in [0.4, 0.5) is 21.6 Å². The lowest BCUT2D eigenvalue weighted by Crippen LogP contribution is -2.12. The monoisotopic (exact) mass is 406 g/mol. The first-order valence-corrected chi connectivity index (χ1v) is 9.70. The van der Waals surface area contributed by atoms with E-state index in [1.807, 2.05) is 53.9 Å². The number of imidazole rings is 1. The third-order valence-electron chi connectivity index (χ3n) is 4.58. The van der Waals surface area contributed by atoms with Crippen LogP contribution in [0, 0.1) is 12.7 Å². The fourth-order valence-corrected chi connectivity index (χ4v) is 3.22. The number of anilines is 3. The van der Waals surface area contributed by atoms with Gasteiger partial charge in [-0.1, -0.05) is 30.3 Å². The number of halogens is 1. The molecular formula is C22H19FN4OS. The molecule has 2 heterocycles. The van der Waals surface area contributed by atoms with Crippen LogP contribution in [0.3, 0.4) is 0 Å². The standard InChI is InChI=1S/C22H19FN4OS/c1-14-5-4-6-17(23)20(14)26-22-21(25-18-7-2-3-12-27(18)22)15-8-10-16(11-9-15)24-19(28)13-29/h2-12,26,29H,13H2,1H3,(H,24,28). The van der Waals surface area contributed by atoms with Gasteiger partial charge in [0.15, 0.2) is 0 Å². The van der Waals surface area contributed by atoms with E-state index in [4.69, 9.17) is 4.98 Å². The lowest BCUT2D eigenvalue weighted by Gasteiger charge is -2.12. The summed E-state index contributed by atoms with van der Waals surface area (Å²) >= 11 is 3.97. The van der Waals surface area contributed by atoms with Gasteiger partial charge in [-0.15, -0.1) is 0 Å². The third-order valence-corrected chi connectivity index (χ3v) is 4.87. The molecule has 0 unspecified atom stereocenters. The van der Waals surface area contributed by atoms with Gasteiger partial charge >= 0.3 is 0 Å². The van der Waals surface area contributed by atoms with Crippen molar-refractivity contribution in [3.63, 3.8) is 0 Å². The first-order chi connectivity index (χ1) is 14.1. The number of nitrogens with one attached hydrogen (secondary N) is 2. The maximum Gasteiger partial charge on any atom is 0.234 e. The molecule has 0 aliphatic rings. The number of hydrogen-bond acceptors (Lipinski definition) is 4. The van der Waals surface area contributed by atoms with Crippen LogP contribution in [0.25, 0.3) is 16.9 Å². The predicted octanol–water partition coefficient (Wildman–Crippen LogP) is 5.06. The fourth-order valence-electron chi connectivity index (χ4n) is 3.14. The van der Waals surface area contributed by atoms with Gasteiger partial charge in [0, 0.05) is 17.4 Å². The molecule has 0 spiro atoms. The minimum atomic E-state index is -0.327. The molecule has 29 heavy (non-hydrogen) atoms. The molecule has 0 saturated heterocycles. The Balaban J connectivity index is 1.79. The van der Waals surface area contributed by atoms with Crippen molar-refractivity contribution in [3.05, 3.63) is 78.2 Å². The van der Waals surface area contributed by atoms with Gasteiger partial charge in [0.2, 0.25) is 5.91 Å². The van der Waals surface area contributed by atoms with Gasteiger partial charge in [0.1, 0.15) is 23.0 Å². The topological polar surface area (TPSA) is 58.4 Å². The molecule has 0 radical (unpaired) electrons. The van der Waals surface area contributed by atoms with E-state index < -0.39 is 0 Å². The molecule has 4 rings (SSSR count). The van der Waals surface area contributed by atoms with E-state index in [0.717, 1.165) is 16.8 Å². The fraction of sp³-hybridized carbons (Fsp3) is 0.0909. The zero-order valence-corrected chi connectivity index (χ0v) is 16.6. The van der Waals surface area contributed by atoms with Gasteiger partial charge in [-0.25, -0.2) is 9.37 Å². The molecule has 0 aliphatic heterocycles. The second-order valence-corrected chi connectivity index (χ2v) is 6.89. The number of aryl methyl sites for hydroxylation is 1. The van der Waals surface area contributed by atoms with Crippen molar-refractivity contribution in [2.75, 3.05) is 16.4 Å². The number of benzene rings is 2. The zero-order chi connectivity index (χ0) is 20.4. The van der Waals surface area contributed by atoms with E-state index in [1.165, 1.54) is 6.07 Å². The molecule has 2 aromatic carbocycles. The number of carbonyl (C=O) groups is 1. The SMILES string of the molecule is Cc1cccc(F)c1Nc1c(-c2ccc(NC(=O)CS)cc2)nc2ccccn12. The largest absolute Gasteiger partial charge is 0.337 e. The van der Waals surface area contributed by atoms with E-state index in [0.29, 0.717) is 22.9 Å². The molecule has 1 amide bonds. The Bertz CT molecular complexity index is 1170. The zero-order valence-electron chi connectivity index (χ0n) is 15.7. The molecule has 0 fully saturated rings. The van der Waals surface area contributed by atoms with E-state index in [1.54, 1.807) is 18.2 Å². The molecule has 7 heteroatoms. The van der Waals surface area contributed by atoms with Crippen molar-refractivity contribution in [1.29, 1.82) is 0 Å². The minimum Gasteiger partial charge on any atom is -0.337 e. The molecule has 5 nitrogen and oxygen atoms in total. The lowest BCUT2D eigenvalue weighted by atomic mass is 10.1. The molecule has 0 aliphatic carbocycles. The van der Waals surface area contributed by atoms with Crippen molar-refractivity contribution < 1.29 is 9.18 Å². The maximum absolute atomic E-state index is 14.4. The van der Waals surface area contributed by atoms with Gasteiger partial charge < -0.3 is 10.6 Å². The summed E-state index contributed by atoms with van der Waals surface area (Å²) in [5, 5.41) is 5.99. The molecule has 4 aromatic rings. The first-order valence-electron chi connectivity index (χ1n) is 9.07. The number of thiol groups is 1. The Kier molecular flexibility index (Phi) is 5.22. The Hall–Kier alpha value is -3.32. The summed E-state index contributed by atoms with van der Waals surface area (Å²) in [7, 11) is 0. The number of pyridine rings is 1. The molecule has 2 N–H and O–H groups in total. The van der Waals surface area contributed by atoms with Crippen molar-refractivity contribution in [3.8, 4) is 11.3 Å². The van der Waals surface area contributed by atoms with Crippen LogP contribution in [0.5, 0.6) is 0 Å². The summed E-state index contributed by atoms with van der Waals surface area (Å²) in [6.07, 6.45) is 1.88. The Morgan fingerprint density at radius 2 is 1.90 bits per heavy atom. The number of hydrogen-bond donors (Lipinski definition) is 3. The van der Waals surface area contributed by atoms with E-state index in [2.05, 4.69) is 23.3 Å².